The number of carbonyl (C=O) groups is 2. The zero-order chi connectivity index (χ0) is 23.9. The molecule has 0 saturated carbocycles. The van der Waals surface area contributed by atoms with Crippen molar-refractivity contribution >= 4 is 45.7 Å². The van der Waals surface area contributed by atoms with Crippen molar-refractivity contribution in [3.8, 4) is 5.75 Å². The lowest BCUT2D eigenvalue weighted by Gasteiger charge is -2.08. The molecule has 0 atom stereocenters. The molecule has 0 aliphatic heterocycles. The molecule has 3 aromatic carbocycles. The minimum atomic E-state index is -0.203. The summed E-state index contributed by atoms with van der Waals surface area (Å²) < 4.78 is 7.13. The molecule has 0 saturated heterocycles. The first-order chi connectivity index (χ1) is 16.5. The topological polar surface area (TPSA) is 98.1 Å². The third kappa shape index (κ3) is 5.93. The molecule has 0 spiro atoms. The van der Waals surface area contributed by atoms with Crippen LogP contribution in [0, 0.1) is 0 Å². The summed E-state index contributed by atoms with van der Waals surface area (Å²) in [5.41, 5.74) is 1.42. The highest BCUT2D eigenvalue weighted by molar-refractivity contribution is 7.99. The Bertz CT molecular complexity index is 1300. The molecule has 0 unspecified atom stereocenters. The molecule has 2 amide bonds. The van der Waals surface area contributed by atoms with Crippen molar-refractivity contribution in [2.24, 2.45) is 7.05 Å². The van der Waals surface area contributed by atoms with Gasteiger partial charge in [-0.15, -0.1) is 10.2 Å². The smallest absolute Gasteiger partial charge is 0.234 e. The molecule has 0 bridgehead atoms. The van der Waals surface area contributed by atoms with Gasteiger partial charge in [-0.25, -0.2) is 0 Å². The van der Waals surface area contributed by atoms with Crippen LogP contribution in [0.1, 0.15) is 12.7 Å². The lowest BCUT2D eigenvalue weighted by Crippen LogP contribution is -2.17. The molecular formula is C25H25N5O3S. The standard InChI is InChI=1S/C25H25N5O3S/c1-3-33-21-12-10-19(11-13-21)26-23(31)15-22-28-29-25(30(22)2)34-16-24(32)27-20-9-8-17-6-4-5-7-18(17)14-20/h4-14H,3,15-16H2,1-2H3,(H,26,31)(H,27,32). The van der Waals surface area contributed by atoms with E-state index < -0.39 is 0 Å². The van der Waals surface area contributed by atoms with Crippen molar-refractivity contribution in [2.75, 3.05) is 23.0 Å². The van der Waals surface area contributed by atoms with Crippen LogP contribution in [0.3, 0.4) is 0 Å². The van der Waals surface area contributed by atoms with Gasteiger partial charge in [0.15, 0.2) is 5.16 Å². The van der Waals surface area contributed by atoms with E-state index in [-0.39, 0.29) is 24.0 Å². The number of thioether (sulfide) groups is 1. The Balaban J connectivity index is 1.29. The van der Waals surface area contributed by atoms with Crippen molar-refractivity contribution < 1.29 is 14.3 Å². The van der Waals surface area contributed by atoms with Crippen LogP contribution in [0.15, 0.2) is 71.9 Å². The van der Waals surface area contributed by atoms with E-state index in [1.54, 1.807) is 35.9 Å². The van der Waals surface area contributed by atoms with Gasteiger partial charge in [0.25, 0.3) is 0 Å². The van der Waals surface area contributed by atoms with E-state index in [0.717, 1.165) is 22.2 Å². The SMILES string of the molecule is CCOc1ccc(NC(=O)Cc2nnc(SCC(=O)Nc3ccc4ccccc4c3)n2C)cc1. The lowest BCUT2D eigenvalue weighted by atomic mass is 10.1. The maximum absolute atomic E-state index is 12.4. The van der Waals surface area contributed by atoms with Gasteiger partial charge in [-0.3, -0.25) is 9.59 Å². The zero-order valence-electron chi connectivity index (χ0n) is 18.9. The van der Waals surface area contributed by atoms with Crippen molar-refractivity contribution in [1.82, 2.24) is 14.8 Å². The lowest BCUT2D eigenvalue weighted by molar-refractivity contribution is -0.116. The summed E-state index contributed by atoms with van der Waals surface area (Å²) in [5, 5.41) is 16.7. The van der Waals surface area contributed by atoms with Gasteiger partial charge in [-0.2, -0.15) is 0 Å². The van der Waals surface area contributed by atoms with Gasteiger partial charge in [-0.05, 0) is 54.1 Å². The second-order valence-corrected chi connectivity index (χ2v) is 8.48. The molecule has 1 heterocycles. The van der Waals surface area contributed by atoms with E-state index in [4.69, 9.17) is 4.74 Å². The molecule has 8 nitrogen and oxygen atoms in total. The molecule has 0 fully saturated rings. The van der Waals surface area contributed by atoms with Crippen LogP contribution in [0.2, 0.25) is 0 Å². The van der Waals surface area contributed by atoms with Crippen LogP contribution in [-0.2, 0) is 23.1 Å². The van der Waals surface area contributed by atoms with Gasteiger partial charge >= 0.3 is 0 Å². The van der Waals surface area contributed by atoms with Crippen molar-refractivity contribution in [3.63, 3.8) is 0 Å². The van der Waals surface area contributed by atoms with Crippen LogP contribution in [0.4, 0.5) is 11.4 Å². The van der Waals surface area contributed by atoms with Crippen LogP contribution in [-0.4, -0.2) is 38.9 Å². The second kappa shape index (κ2) is 10.8. The molecule has 2 N–H and O–H groups in total. The summed E-state index contributed by atoms with van der Waals surface area (Å²) >= 11 is 1.27. The Labute approximate surface area is 201 Å². The van der Waals surface area contributed by atoms with Crippen molar-refractivity contribution in [3.05, 3.63) is 72.6 Å². The first-order valence-corrected chi connectivity index (χ1v) is 11.8. The number of anilines is 2. The van der Waals surface area contributed by atoms with E-state index in [1.807, 2.05) is 49.4 Å². The van der Waals surface area contributed by atoms with Gasteiger partial charge in [0.2, 0.25) is 11.8 Å². The second-order valence-electron chi connectivity index (χ2n) is 7.54. The monoisotopic (exact) mass is 475 g/mol. The predicted octanol–water partition coefficient (Wildman–Crippen LogP) is 4.28. The number of nitrogens with one attached hydrogen (secondary N) is 2. The van der Waals surface area contributed by atoms with Crippen molar-refractivity contribution in [1.29, 1.82) is 0 Å². The number of carbonyl (C=O) groups excluding carboxylic acids is 2. The van der Waals surface area contributed by atoms with Gasteiger partial charge in [-0.1, -0.05) is 42.1 Å². The number of nitrogens with zero attached hydrogens (tertiary/aromatic N) is 3. The summed E-state index contributed by atoms with van der Waals surface area (Å²) in [7, 11) is 1.78. The fourth-order valence-electron chi connectivity index (χ4n) is 3.37. The number of ether oxygens (including phenoxy) is 1. The Morgan fingerprint density at radius 1 is 0.912 bits per heavy atom. The summed E-state index contributed by atoms with van der Waals surface area (Å²) in [6.07, 6.45) is 0.0700. The maximum atomic E-state index is 12.4. The average molecular weight is 476 g/mol. The third-order valence-electron chi connectivity index (χ3n) is 5.06. The van der Waals surface area contributed by atoms with Gasteiger partial charge in [0, 0.05) is 18.4 Å². The molecule has 0 radical (unpaired) electrons. The Hall–Kier alpha value is -3.85. The molecular weight excluding hydrogens is 450 g/mol. The molecule has 0 aliphatic carbocycles. The normalized spacial score (nSPS) is 10.8. The van der Waals surface area contributed by atoms with Crippen molar-refractivity contribution in [2.45, 2.75) is 18.5 Å². The summed E-state index contributed by atoms with van der Waals surface area (Å²) in [6.45, 7) is 2.50. The molecule has 174 valence electrons. The van der Waals surface area contributed by atoms with Crippen LogP contribution < -0.4 is 15.4 Å². The Morgan fingerprint density at radius 3 is 2.38 bits per heavy atom. The fourth-order valence-corrected chi connectivity index (χ4v) is 4.10. The van der Waals surface area contributed by atoms with Gasteiger partial charge in [0.05, 0.1) is 18.8 Å². The highest BCUT2D eigenvalue weighted by Gasteiger charge is 2.15. The number of fused-ring (bicyclic) bond motifs is 1. The minimum Gasteiger partial charge on any atom is -0.494 e. The number of benzene rings is 3. The summed E-state index contributed by atoms with van der Waals surface area (Å²) in [6, 6.07) is 21.0. The number of hydrogen-bond acceptors (Lipinski definition) is 6. The first kappa shape index (κ1) is 23.3. The largest absolute Gasteiger partial charge is 0.494 e. The van der Waals surface area contributed by atoms with Gasteiger partial charge in [0.1, 0.15) is 11.6 Å². The van der Waals surface area contributed by atoms with E-state index in [0.29, 0.717) is 23.3 Å². The molecule has 0 aliphatic rings. The minimum absolute atomic E-state index is 0.0700. The molecule has 4 aromatic rings. The zero-order valence-corrected chi connectivity index (χ0v) is 19.8. The van der Waals surface area contributed by atoms with Gasteiger partial charge < -0.3 is 19.9 Å². The van der Waals surface area contributed by atoms with E-state index in [1.165, 1.54) is 11.8 Å². The van der Waals surface area contributed by atoms with Crippen LogP contribution >= 0.6 is 11.8 Å². The highest BCUT2D eigenvalue weighted by atomic mass is 32.2. The first-order valence-electron chi connectivity index (χ1n) is 10.8. The molecule has 9 heteroatoms. The Morgan fingerprint density at radius 2 is 1.62 bits per heavy atom. The van der Waals surface area contributed by atoms with Crippen LogP contribution in [0.5, 0.6) is 5.75 Å². The molecule has 4 rings (SSSR count). The molecule has 1 aromatic heterocycles. The van der Waals surface area contributed by atoms with E-state index in [2.05, 4.69) is 20.8 Å². The average Bonchev–Trinajstić information content (AvgIpc) is 3.18. The predicted molar refractivity (Wildman–Crippen MR) is 134 cm³/mol. The number of hydrogen-bond donors (Lipinski definition) is 2. The third-order valence-corrected chi connectivity index (χ3v) is 6.08. The highest BCUT2D eigenvalue weighted by Crippen LogP contribution is 2.21. The Kier molecular flexibility index (Phi) is 7.44. The number of aromatic nitrogens is 3. The fraction of sp³-hybridized carbons (Fsp3) is 0.200. The number of amides is 2. The van der Waals surface area contributed by atoms with E-state index in [9.17, 15) is 9.59 Å². The quantitative estimate of drug-likeness (QED) is 0.351. The van der Waals surface area contributed by atoms with E-state index >= 15 is 0 Å². The number of rotatable bonds is 9. The molecule has 34 heavy (non-hydrogen) atoms. The van der Waals surface area contributed by atoms with Crippen LogP contribution in [0.25, 0.3) is 10.8 Å². The summed E-state index contributed by atoms with van der Waals surface area (Å²) in [5.74, 6) is 1.10. The maximum Gasteiger partial charge on any atom is 0.234 e. The summed E-state index contributed by atoms with van der Waals surface area (Å²) in [4.78, 5) is 24.8.